The van der Waals surface area contributed by atoms with E-state index in [9.17, 15) is 0 Å². The van der Waals surface area contributed by atoms with Gasteiger partial charge in [0, 0.05) is 5.56 Å². The molecule has 0 saturated carbocycles. The molecule has 0 unspecified atom stereocenters. The smallest absolute Gasteiger partial charge is 0.178 e. The first kappa shape index (κ1) is 12.2. The Morgan fingerprint density at radius 2 is 2.11 bits per heavy atom. The number of H-pyrrole nitrogens is 1. The second-order valence-corrected chi connectivity index (χ2v) is 5.18. The van der Waals surface area contributed by atoms with Crippen molar-refractivity contribution in [1.82, 2.24) is 14.7 Å². The third kappa shape index (κ3) is 1.90. The predicted octanol–water partition coefficient (Wildman–Crippen LogP) is 3.66. The first-order valence-corrected chi connectivity index (χ1v) is 6.58. The van der Waals surface area contributed by atoms with Crippen LogP contribution in [0.2, 0.25) is 0 Å². The number of aromatic amines is 1. The molecule has 0 aliphatic heterocycles. The second-order valence-electron chi connectivity index (χ2n) is 4.79. The Balaban J connectivity index is 2.21. The molecule has 0 aliphatic rings. The average Bonchev–Trinajstić information content (AvgIpc) is 2.85. The van der Waals surface area contributed by atoms with Gasteiger partial charge in [-0.2, -0.15) is 0 Å². The van der Waals surface area contributed by atoms with Crippen molar-refractivity contribution < 1.29 is 4.52 Å². The molecule has 0 saturated heterocycles. The summed E-state index contributed by atoms with van der Waals surface area (Å²) in [6.07, 6.45) is 0. The van der Waals surface area contributed by atoms with Crippen LogP contribution in [0, 0.1) is 25.5 Å². The maximum atomic E-state index is 5.43. The summed E-state index contributed by atoms with van der Waals surface area (Å²) in [7, 11) is 0. The van der Waals surface area contributed by atoms with Gasteiger partial charge in [0.05, 0.1) is 23.3 Å². The molecule has 98 valence electrons. The Kier molecular flexibility index (Phi) is 2.78. The van der Waals surface area contributed by atoms with E-state index in [4.69, 9.17) is 16.7 Å². The van der Waals surface area contributed by atoms with Gasteiger partial charge in [-0.3, -0.25) is 0 Å². The van der Waals surface area contributed by atoms with E-state index in [1.54, 1.807) is 0 Å². The molecule has 3 rings (SSSR count). The third-order valence-electron chi connectivity index (χ3n) is 3.49. The van der Waals surface area contributed by atoms with Crippen molar-refractivity contribution >= 4 is 23.3 Å². The largest absolute Gasteiger partial charge is 0.361 e. The highest BCUT2D eigenvalue weighted by atomic mass is 32.1. The minimum absolute atomic E-state index is 0.685. The van der Waals surface area contributed by atoms with E-state index < -0.39 is 0 Å². The predicted molar refractivity (Wildman–Crippen MR) is 76.9 cm³/mol. The summed E-state index contributed by atoms with van der Waals surface area (Å²) >= 11 is 5.43. The highest BCUT2D eigenvalue weighted by Gasteiger charge is 2.13. The minimum atomic E-state index is 0.685. The summed E-state index contributed by atoms with van der Waals surface area (Å²) in [5.74, 6) is 0.849. The summed E-state index contributed by atoms with van der Waals surface area (Å²) in [6.45, 7) is 6.66. The second kappa shape index (κ2) is 4.35. The molecule has 2 heterocycles. The number of nitrogens with one attached hydrogen (secondary N) is 1. The molecule has 0 bridgehead atoms. The Morgan fingerprint density at radius 1 is 1.32 bits per heavy atom. The summed E-state index contributed by atoms with van der Waals surface area (Å²) < 4.78 is 8.05. The number of aromatic nitrogens is 3. The maximum Gasteiger partial charge on any atom is 0.178 e. The van der Waals surface area contributed by atoms with Gasteiger partial charge in [0.1, 0.15) is 5.76 Å². The molecule has 2 aromatic heterocycles. The molecule has 4 nitrogen and oxygen atoms in total. The molecule has 0 spiro atoms. The van der Waals surface area contributed by atoms with Crippen LogP contribution in [-0.4, -0.2) is 14.7 Å². The fraction of sp³-hybridized carbons (Fsp3) is 0.286. The molecule has 19 heavy (non-hydrogen) atoms. The topological polar surface area (TPSA) is 46.8 Å². The van der Waals surface area contributed by atoms with Crippen molar-refractivity contribution in [2.45, 2.75) is 27.3 Å². The molecule has 1 aromatic carbocycles. The number of nitrogens with zero attached hydrogens (tertiary/aromatic N) is 2. The molecule has 3 aromatic rings. The van der Waals surface area contributed by atoms with Crippen LogP contribution >= 0.6 is 12.2 Å². The summed E-state index contributed by atoms with van der Waals surface area (Å²) in [5, 5.41) is 4.00. The van der Waals surface area contributed by atoms with Gasteiger partial charge in [-0.1, -0.05) is 17.3 Å². The lowest BCUT2D eigenvalue weighted by Gasteiger charge is -2.06. The molecule has 0 fully saturated rings. The molecule has 5 heteroatoms. The van der Waals surface area contributed by atoms with Crippen LogP contribution in [0.25, 0.3) is 11.0 Å². The molecule has 0 radical (unpaired) electrons. The molecule has 1 N–H and O–H groups in total. The third-order valence-corrected chi connectivity index (χ3v) is 3.81. The van der Waals surface area contributed by atoms with Gasteiger partial charge in [0.25, 0.3) is 0 Å². The van der Waals surface area contributed by atoms with Crippen molar-refractivity contribution in [1.29, 1.82) is 0 Å². The summed E-state index contributed by atoms with van der Waals surface area (Å²) in [4.78, 5) is 3.25. The van der Waals surface area contributed by atoms with E-state index in [2.05, 4.69) is 27.7 Å². The van der Waals surface area contributed by atoms with E-state index in [0.717, 1.165) is 32.8 Å². The first-order valence-electron chi connectivity index (χ1n) is 6.18. The van der Waals surface area contributed by atoms with Crippen molar-refractivity contribution in [3.05, 3.63) is 45.6 Å². The zero-order chi connectivity index (χ0) is 13.6. The number of aryl methyl sites for hydroxylation is 3. The molecular weight excluding hydrogens is 258 g/mol. The van der Waals surface area contributed by atoms with Gasteiger partial charge >= 0.3 is 0 Å². The molecular formula is C14H15N3OS. The van der Waals surface area contributed by atoms with E-state index >= 15 is 0 Å². The monoisotopic (exact) mass is 273 g/mol. The van der Waals surface area contributed by atoms with Crippen LogP contribution in [-0.2, 0) is 6.54 Å². The van der Waals surface area contributed by atoms with Gasteiger partial charge in [-0.05, 0) is 44.6 Å². The molecule has 0 amide bonds. The lowest BCUT2D eigenvalue weighted by Crippen LogP contribution is -2.02. The van der Waals surface area contributed by atoms with Crippen molar-refractivity contribution in [3.63, 3.8) is 0 Å². The zero-order valence-corrected chi connectivity index (χ0v) is 12.0. The summed E-state index contributed by atoms with van der Waals surface area (Å²) in [6, 6.07) is 6.17. The number of imidazole rings is 1. The normalized spacial score (nSPS) is 11.3. The van der Waals surface area contributed by atoms with Gasteiger partial charge < -0.3 is 14.1 Å². The number of hydrogen-bond donors (Lipinski definition) is 1. The van der Waals surface area contributed by atoms with Gasteiger partial charge in [0.15, 0.2) is 4.77 Å². The Labute approximate surface area is 116 Å². The first-order chi connectivity index (χ1) is 9.08. The average molecular weight is 273 g/mol. The number of hydrogen-bond acceptors (Lipinski definition) is 3. The summed E-state index contributed by atoms with van der Waals surface area (Å²) in [5.41, 5.74) is 5.43. The highest BCUT2D eigenvalue weighted by Crippen LogP contribution is 2.21. The zero-order valence-electron chi connectivity index (χ0n) is 11.2. The van der Waals surface area contributed by atoms with E-state index in [-0.39, 0.29) is 0 Å². The Hall–Kier alpha value is -1.88. The van der Waals surface area contributed by atoms with E-state index in [1.165, 1.54) is 5.56 Å². The lowest BCUT2D eigenvalue weighted by atomic mass is 10.2. The Morgan fingerprint density at radius 3 is 2.79 bits per heavy atom. The number of para-hydroxylation sites is 1. The molecule has 0 aliphatic carbocycles. The lowest BCUT2D eigenvalue weighted by molar-refractivity contribution is 0.392. The van der Waals surface area contributed by atoms with E-state index in [0.29, 0.717) is 6.54 Å². The van der Waals surface area contributed by atoms with Crippen molar-refractivity contribution in [3.8, 4) is 0 Å². The van der Waals surface area contributed by atoms with Crippen molar-refractivity contribution in [2.75, 3.05) is 0 Å². The quantitative estimate of drug-likeness (QED) is 0.725. The Bertz CT molecular complexity index is 790. The fourth-order valence-electron chi connectivity index (χ4n) is 2.44. The van der Waals surface area contributed by atoms with Crippen LogP contribution in [0.1, 0.15) is 22.6 Å². The number of rotatable bonds is 2. The number of fused-ring (bicyclic) bond motifs is 1. The van der Waals surface area contributed by atoms with Gasteiger partial charge in [-0.15, -0.1) is 0 Å². The fourth-order valence-corrected chi connectivity index (χ4v) is 2.70. The van der Waals surface area contributed by atoms with Crippen LogP contribution in [0.4, 0.5) is 0 Å². The highest BCUT2D eigenvalue weighted by molar-refractivity contribution is 7.71. The van der Waals surface area contributed by atoms with Crippen LogP contribution in [0.5, 0.6) is 0 Å². The van der Waals surface area contributed by atoms with Gasteiger partial charge in [-0.25, -0.2) is 0 Å². The van der Waals surface area contributed by atoms with E-state index in [1.807, 2.05) is 26.0 Å². The maximum absolute atomic E-state index is 5.43. The van der Waals surface area contributed by atoms with Crippen LogP contribution in [0.3, 0.4) is 0 Å². The van der Waals surface area contributed by atoms with Crippen LogP contribution < -0.4 is 0 Å². The van der Waals surface area contributed by atoms with Gasteiger partial charge in [0.2, 0.25) is 0 Å². The standard InChI is InChI=1S/C14H15N3OS/c1-8-5-4-6-12-13(8)17(14(19)15-12)7-11-9(2)16-18-10(11)3/h4-6H,7H2,1-3H3,(H,15,19). The van der Waals surface area contributed by atoms with Crippen molar-refractivity contribution in [2.24, 2.45) is 0 Å². The molecule has 0 atom stereocenters. The van der Waals surface area contributed by atoms with Crippen LogP contribution in [0.15, 0.2) is 22.7 Å². The SMILES string of the molecule is Cc1noc(C)c1Cn1c(=S)[nH]c2cccc(C)c21. The minimum Gasteiger partial charge on any atom is -0.361 e. The number of benzene rings is 1.